The lowest BCUT2D eigenvalue weighted by Gasteiger charge is -2.29. The van der Waals surface area contributed by atoms with Crippen molar-refractivity contribution in [1.29, 1.82) is 0 Å². The highest BCUT2D eigenvalue weighted by atomic mass is 16.5. The summed E-state index contributed by atoms with van der Waals surface area (Å²) >= 11 is 0. The quantitative estimate of drug-likeness (QED) is 0.555. The molecule has 174 valence electrons. The summed E-state index contributed by atoms with van der Waals surface area (Å²) in [6.45, 7) is 8.11. The van der Waals surface area contributed by atoms with Gasteiger partial charge in [0.1, 0.15) is 11.3 Å². The zero-order chi connectivity index (χ0) is 23.5. The molecule has 0 saturated carbocycles. The maximum atomic E-state index is 10.3. The van der Waals surface area contributed by atoms with Crippen LogP contribution in [0.5, 0.6) is 5.75 Å². The molecule has 0 bridgehead atoms. The minimum absolute atomic E-state index is 0.0671. The molecule has 0 spiro atoms. The van der Waals surface area contributed by atoms with E-state index in [2.05, 4.69) is 58.1 Å². The molecule has 1 fully saturated rings. The number of anilines is 2. The lowest BCUT2D eigenvalue weighted by molar-refractivity contribution is 0.0377. The smallest absolute Gasteiger partial charge is 0.339 e. The van der Waals surface area contributed by atoms with Crippen LogP contribution in [-0.2, 0) is 4.74 Å². The molecule has 4 rings (SSSR count). The number of carboxylic acids is 1. The number of nitrogens with zero attached hydrogens (tertiary/aromatic N) is 3. The molecule has 1 aliphatic rings. The van der Waals surface area contributed by atoms with Crippen molar-refractivity contribution < 1.29 is 19.7 Å². The number of hydrogen-bond donors (Lipinski definition) is 2. The molecule has 0 amide bonds. The van der Waals surface area contributed by atoms with Crippen molar-refractivity contribution in [3.8, 4) is 5.75 Å². The van der Waals surface area contributed by atoms with Gasteiger partial charge >= 0.3 is 5.97 Å². The van der Waals surface area contributed by atoms with Crippen molar-refractivity contribution in [3.05, 3.63) is 84.2 Å². The van der Waals surface area contributed by atoms with Gasteiger partial charge in [0.05, 0.1) is 13.2 Å². The number of rotatable bonds is 7. The number of benzene rings is 2. The molecule has 7 nitrogen and oxygen atoms in total. The second-order valence-electron chi connectivity index (χ2n) is 7.83. The van der Waals surface area contributed by atoms with Crippen molar-refractivity contribution >= 4 is 17.3 Å². The fraction of sp³-hybridized carbons (Fsp3) is 0.308. The zero-order valence-corrected chi connectivity index (χ0v) is 18.9. The van der Waals surface area contributed by atoms with Gasteiger partial charge in [0, 0.05) is 49.9 Å². The summed E-state index contributed by atoms with van der Waals surface area (Å²) in [6.07, 6.45) is 4.86. The van der Waals surface area contributed by atoms with Crippen LogP contribution in [-0.4, -0.2) is 65.5 Å². The fourth-order valence-corrected chi connectivity index (χ4v) is 3.66. The lowest BCUT2D eigenvalue weighted by Crippen LogP contribution is -2.37. The molecule has 3 aromatic rings. The van der Waals surface area contributed by atoms with Crippen LogP contribution in [0.4, 0.5) is 11.4 Å². The lowest BCUT2D eigenvalue weighted by atomic mass is 10.2. The SMILES string of the molecule is Cc1cccc(N(CCCN2CCOCC2)c2ccncc2)c1.O=C(O)c1ccccc1O. The molecule has 0 atom stereocenters. The third-order valence-corrected chi connectivity index (χ3v) is 5.38. The number of aromatic carboxylic acids is 1. The van der Waals surface area contributed by atoms with Crippen LogP contribution < -0.4 is 4.90 Å². The Bertz CT molecular complexity index is 1010. The summed E-state index contributed by atoms with van der Waals surface area (Å²) in [5, 5.41) is 17.3. The van der Waals surface area contributed by atoms with E-state index >= 15 is 0 Å². The van der Waals surface area contributed by atoms with Crippen LogP contribution in [0.3, 0.4) is 0 Å². The molecule has 0 radical (unpaired) electrons. The topological polar surface area (TPSA) is 86.1 Å². The third-order valence-electron chi connectivity index (χ3n) is 5.38. The number of aromatic nitrogens is 1. The van der Waals surface area contributed by atoms with Gasteiger partial charge in [-0.1, -0.05) is 24.3 Å². The van der Waals surface area contributed by atoms with Gasteiger partial charge in [-0.05, 0) is 55.3 Å². The van der Waals surface area contributed by atoms with Crippen LogP contribution in [0.1, 0.15) is 22.3 Å². The molecule has 0 unspecified atom stereocenters. The van der Waals surface area contributed by atoms with E-state index in [0.717, 1.165) is 45.8 Å². The monoisotopic (exact) mass is 449 g/mol. The highest BCUT2D eigenvalue weighted by molar-refractivity contribution is 5.90. The number of ether oxygens (including phenoxy) is 1. The predicted molar refractivity (Wildman–Crippen MR) is 129 cm³/mol. The van der Waals surface area contributed by atoms with E-state index < -0.39 is 5.97 Å². The number of para-hydroxylation sites is 1. The average Bonchev–Trinajstić information content (AvgIpc) is 2.84. The summed E-state index contributed by atoms with van der Waals surface area (Å²) in [5.41, 5.74) is 3.67. The summed E-state index contributed by atoms with van der Waals surface area (Å²) in [7, 11) is 0. The normalized spacial score (nSPS) is 13.6. The van der Waals surface area contributed by atoms with Crippen molar-refractivity contribution in [3.63, 3.8) is 0 Å². The molecule has 1 aromatic heterocycles. The molecule has 0 aliphatic carbocycles. The molecular weight excluding hydrogens is 418 g/mol. The second-order valence-corrected chi connectivity index (χ2v) is 7.83. The third kappa shape index (κ3) is 7.59. The molecule has 2 N–H and O–H groups in total. The molecule has 33 heavy (non-hydrogen) atoms. The van der Waals surface area contributed by atoms with E-state index in [-0.39, 0.29) is 11.3 Å². The van der Waals surface area contributed by atoms with E-state index in [4.69, 9.17) is 14.9 Å². The van der Waals surface area contributed by atoms with Gasteiger partial charge in [-0.2, -0.15) is 0 Å². The van der Waals surface area contributed by atoms with Gasteiger partial charge < -0.3 is 19.8 Å². The highest BCUT2D eigenvalue weighted by Crippen LogP contribution is 2.25. The van der Waals surface area contributed by atoms with E-state index in [1.807, 2.05) is 12.4 Å². The van der Waals surface area contributed by atoms with Crippen LogP contribution in [0.15, 0.2) is 73.1 Å². The molecule has 7 heteroatoms. The average molecular weight is 450 g/mol. The number of phenols is 1. The van der Waals surface area contributed by atoms with Gasteiger partial charge in [0.15, 0.2) is 0 Å². The van der Waals surface area contributed by atoms with Gasteiger partial charge in [0.25, 0.3) is 0 Å². The van der Waals surface area contributed by atoms with Crippen LogP contribution >= 0.6 is 0 Å². The summed E-state index contributed by atoms with van der Waals surface area (Å²) in [6, 6.07) is 18.7. The molecule has 2 aromatic carbocycles. The van der Waals surface area contributed by atoms with Crippen molar-refractivity contribution in [2.75, 3.05) is 44.3 Å². The van der Waals surface area contributed by atoms with Gasteiger partial charge in [-0.15, -0.1) is 0 Å². The second kappa shape index (κ2) is 12.6. The number of aromatic hydroxyl groups is 1. The van der Waals surface area contributed by atoms with Crippen LogP contribution in [0, 0.1) is 6.92 Å². The number of carboxylic acid groups (broad SMARTS) is 1. The maximum Gasteiger partial charge on any atom is 0.339 e. The van der Waals surface area contributed by atoms with E-state index in [9.17, 15) is 4.79 Å². The van der Waals surface area contributed by atoms with Gasteiger partial charge in [-0.3, -0.25) is 9.88 Å². The summed E-state index contributed by atoms with van der Waals surface area (Å²) in [5.74, 6) is -1.31. The number of hydrogen-bond acceptors (Lipinski definition) is 6. The molecular formula is C26H31N3O4. The Hall–Kier alpha value is -3.42. The minimum atomic E-state index is -1.11. The Morgan fingerprint density at radius 2 is 1.76 bits per heavy atom. The number of aryl methyl sites for hydroxylation is 1. The maximum absolute atomic E-state index is 10.3. The molecule has 1 saturated heterocycles. The van der Waals surface area contributed by atoms with Gasteiger partial charge in [0.2, 0.25) is 0 Å². The first-order chi connectivity index (χ1) is 16.0. The minimum Gasteiger partial charge on any atom is -0.507 e. The molecule has 2 heterocycles. The highest BCUT2D eigenvalue weighted by Gasteiger charge is 2.13. The first kappa shape index (κ1) is 24.2. The van der Waals surface area contributed by atoms with E-state index in [1.54, 1.807) is 12.1 Å². The number of morpholine rings is 1. The zero-order valence-electron chi connectivity index (χ0n) is 18.9. The molecule has 1 aliphatic heterocycles. The largest absolute Gasteiger partial charge is 0.507 e. The van der Waals surface area contributed by atoms with Crippen molar-refractivity contribution in [2.24, 2.45) is 0 Å². The van der Waals surface area contributed by atoms with Crippen LogP contribution in [0.2, 0.25) is 0 Å². The van der Waals surface area contributed by atoms with Gasteiger partial charge in [-0.25, -0.2) is 4.79 Å². The van der Waals surface area contributed by atoms with Crippen LogP contribution in [0.25, 0.3) is 0 Å². The Balaban J connectivity index is 0.000000257. The van der Waals surface area contributed by atoms with E-state index in [0.29, 0.717) is 0 Å². The Labute approximate surface area is 194 Å². The van der Waals surface area contributed by atoms with E-state index in [1.165, 1.54) is 29.1 Å². The summed E-state index contributed by atoms with van der Waals surface area (Å²) < 4.78 is 5.42. The first-order valence-electron chi connectivity index (χ1n) is 11.1. The Kier molecular flexibility index (Phi) is 9.23. The Morgan fingerprint density at radius 3 is 2.39 bits per heavy atom. The summed E-state index contributed by atoms with van der Waals surface area (Å²) in [4.78, 5) is 19.3. The first-order valence-corrected chi connectivity index (χ1v) is 11.1. The predicted octanol–water partition coefficient (Wildman–Crippen LogP) is 4.34. The van der Waals surface area contributed by atoms with Crippen molar-refractivity contribution in [2.45, 2.75) is 13.3 Å². The number of pyridine rings is 1. The fourth-order valence-electron chi connectivity index (χ4n) is 3.66. The van der Waals surface area contributed by atoms with Crippen molar-refractivity contribution in [1.82, 2.24) is 9.88 Å². The standard InChI is InChI=1S/C19H25N3O.C7H6O3/c1-17-4-2-5-19(16-17)22(18-6-8-20-9-7-18)11-3-10-21-12-14-23-15-13-21;8-6-4-2-1-3-5(6)7(9)10/h2,4-9,16H,3,10-15H2,1H3;1-4,8H,(H,9,10). The number of carbonyl (C=O) groups is 1. The Morgan fingerprint density at radius 1 is 1.03 bits per heavy atom.